The molecule has 0 aromatic rings. The summed E-state index contributed by atoms with van der Waals surface area (Å²) in [7, 11) is 0. The fourth-order valence-corrected chi connectivity index (χ4v) is 2.49. The van der Waals surface area contributed by atoms with Crippen LogP contribution in [0.25, 0.3) is 0 Å². The van der Waals surface area contributed by atoms with Crippen LogP contribution in [0.2, 0.25) is 0 Å². The van der Waals surface area contributed by atoms with Crippen LogP contribution in [0.5, 0.6) is 0 Å². The van der Waals surface area contributed by atoms with Gasteiger partial charge in [0.05, 0.1) is 0 Å². The number of carbonyl (C=O) groups is 1. The average molecular weight is 196 g/mol. The number of carbonyl (C=O) groups excluding carboxylic acids is 1. The van der Waals surface area contributed by atoms with Crippen LogP contribution in [0.4, 0.5) is 0 Å². The molecule has 2 heterocycles. The molecule has 0 aromatic heterocycles. The number of hydrogen-bond acceptors (Lipinski definition) is 2. The first-order chi connectivity index (χ1) is 6.88. The normalized spacial score (nSPS) is 30.1. The van der Waals surface area contributed by atoms with E-state index >= 15 is 0 Å². The SMILES string of the molecule is O=C1CCCCCN1[C@@H]1CCCNC1. The van der Waals surface area contributed by atoms with Gasteiger partial charge in [0.15, 0.2) is 0 Å². The summed E-state index contributed by atoms with van der Waals surface area (Å²) < 4.78 is 0. The van der Waals surface area contributed by atoms with Crippen molar-refractivity contribution in [2.24, 2.45) is 0 Å². The van der Waals surface area contributed by atoms with Gasteiger partial charge >= 0.3 is 0 Å². The number of rotatable bonds is 1. The molecule has 0 spiro atoms. The highest BCUT2D eigenvalue weighted by molar-refractivity contribution is 5.76. The molecule has 2 fully saturated rings. The van der Waals surface area contributed by atoms with Gasteiger partial charge in [0, 0.05) is 25.6 Å². The maximum atomic E-state index is 11.8. The van der Waals surface area contributed by atoms with Crippen LogP contribution in [-0.4, -0.2) is 36.5 Å². The van der Waals surface area contributed by atoms with Crippen LogP contribution < -0.4 is 5.32 Å². The molecule has 14 heavy (non-hydrogen) atoms. The summed E-state index contributed by atoms with van der Waals surface area (Å²) in [6.45, 7) is 3.12. The van der Waals surface area contributed by atoms with Gasteiger partial charge in [-0.15, -0.1) is 0 Å². The van der Waals surface area contributed by atoms with E-state index in [0.717, 1.165) is 32.5 Å². The lowest BCUT2D eigenvalue weighted by Crippen LogP contribution is -2.48. The van der Waals surface area contributed by atoms with Gasteiger partial charge in [0.1, 0.15) is 0 Å². The summed E-state index contributed by atoms with van der Waals surface area (Å²) in [4.78, 5) is 13.9. The quantitative estimate of drug-likeness (QED) is 0.682. The van der Waals surface area contributed by atoms with Crippen LogP contribution >= 0.6 is 0 Å². The second kappa shape index (κ2) is 4.78. The maximum Gasteiger partial charge on any atom is 0.222 e. The number of likely N-dealkylation sites (tertiary alicyclic amines) is 1. The largest absolute Gasteiger partial charge is 0.338 e. The Bertz CT molecular complexity index is 199. The van der Waals surface area contributed by atoms with Crippen molar-refractivity contribution in [3.05, 3.63) is 0 Å². The van der Waals surface area contributed by atoms with Crippen LogP contribution in [-0.2, 0) is 4.79 Å². The van der Waals surface area contributed by atoms with Gasteiger partial charge in [-0.05, 0) is 32.2 Å². The lowest BCUT2D eigenvalue weighted by Gasteiger charge is -2.34. The Balaban J connectivity index is 1.95. The predicted molar refractivity (Wildman–Crippen MR) is 56.1 cm³/mol. The van der Waals surface area contributed by atoms with Crippen LogP contribution in [0.1, 0.15) is 38.5 Å². The minimum absolute atomic E-state index is 0.385. The molecule has 1 N–H and O–H groups in total. The first-order valence-electron chi connectivity index (χ1n) is 5.88. The topological polar surface area (TPSA) is 32.3 Å². The zero-order valence-electron chi connectivity index (χ0n) is 8.80. The van der Waals surface area contributed by atoms with Crippen LogP contribution in [0.15, 0.2) is 0 Å². The Morgan fingerprint density at radius 2 is 2.14 bits per heavy atom. The van der Waals surface area contributed by atoms with Crippen molar-refractivity contribution in [3.8, 4) is 0 Å². The molecular weight excluding hydrogens is 176 g/mol. The Hall–Kier alpha value is -0.570. The third-order valence-electron chi connectivity index (χ3n) is 3.32. The number of nitrogens with one attached hydrogen (secondary N) is 1. The summed E-state index contributed by atoms with van der Waals surface area (Å²) in [5.41, 5.74) is 0. The minimum atomic E-state index is 0.385. The predicted octanol–water partition coefficient (Wildman–Crippen LogP) is 1.14. The van der Waals surface area contributed by atoms with Crippen molar-refractivity contribution in [2.75, 3.05) is 19.6 Å². The number of nitrogens with zero attached hydrogens (tertiary/aromatic N) is 1. The van der Waals surface area contributed by atoms with Gasteiger partial charge in [-0.25, -0.2) is 0 Å². The molecule has 0 saturated carbocycles. The van der Waals surface area contributed by atoms with E-state index < -0.39 is 0 Å². The second-order valence-electron chi connectivity index (χ2n) is 4.40. The highest BCUT2D eigenvalue weighted by atomic mass is 16.2. The summed E-state index contributed by atoms with van der Waals surface area (Å²) in [6, 6.07) is 0.481. The molecule has 2 aliphatic rings. The zero-order valence-corrected chi connectivity index (χ0v) is 8.80. The van der Waals surface area contributed by atoms with Crippen molar-refractivity contribution in [3.63, 3.8) is 0 Å². The molecule has 1 amide bonds. The average Bonchev–Trinajstić information content (AvgIpc) is 2.44. The molecule has 0 bridgehead atoms. The third kappa shape index (κ3) is 2.27. The van der Waals surface area contributed by atoms with E-state index in [2.05, 4.69) is 10.2 Å². The van der Waals surface area contributed by atoms with E-state index in [4.69, 9.17) is 0 Å². The van der Waals surface area contributed by atoms with E-state index in [1.807, 2.05) is 0 Å². The van der Waals surface area contributed by atoms with Crippen molar-refractivity contribution >= 4 is 5.91 Å². The minimum Gasteiger partial charge on any atom is -0.338 e. The third-order valence-corrected chi connectivity index (χ3v) is 3.32. The molecule has 0 unspecified atom stereocenters. The lowest BCUT2D eigenvalue weighted by molar-refractivity contribution is -0.133. The first kappa shape index (κ1) is 9.97. The number of hydrogen-bond donors (Lipinski definition) is 1. The van der Waals surface area contributed by atoms with Gasteiger partial charge < -0.3 is 10.2 Å². The van der Waals surface area contributed by atoms with Crippen molar-refractivity contribution in [1.82, 2.24) is 10.2 Å². The Labute approximate surface area is 85.8 Å². The van der Waals surface area contributed by atoms with Gasteiger partial charge in [-0.2, -0.15) is 0 Å². The molecule has 2 rings (SSSR count). The Morgan fingerprint density at radius 3 is 2.93 bits per heavy atom. The van der Waals surface area contributed by atoms with Gasteiger partial charge in [0.25, 0.3) is 0 Å². The molecule has 80 valence electrons. The monoisotopic (exact) mass is 196 g/mol. The lowest BCUT2D eigenvalue weighted by atomic mass is 10.1. The number of amides is 1. The summed E-state index contributed by atoms with van der Waals surface area (Å²) in [5.74, 6) is 0.385. The molecule has 3 heteroatoms. The molecule has 0 radical (unpaired) electrons. The summed E-state index contributed by atoms with van der Waals surface area (Å²) >= 11 is 0. The van der Waals surface area contributed by atoms with E-state index in [9.17, 15) is 4.79 Å². The molecule has 2 saturated heterocycles. The molecule has 2 aliphatic heterocycles. The van der Waals surface area contributed by atoms with Crippen molar-refractivity contribution < 1.29 is 4.79 Å². The molecule has 1 atom stereocenters. The Kier molecular flexibility index (Phi) is 3.40. The van der Waals surface area contributed by atoms with E-state index in [-0.39, 0.29) is 0 Å². The number of piperidine rings is 1. The fourth-order valence-electron chi connectivity index (χ4n) is 2.49. The molecule has 3 nitrogen and oxygen atoms in total. The standard InChI is InChI=1S/C11H20N2O/c14-11-6-2-1-3-8-13(11)10-5-4-7-12-9-10/h10,12H,1-9H2/t10-/m1/s1. The fraction of sp³-hybridized carbons (Fsp3) is 0.909. The van der Waals surface area contributed by atoms with E-state index in [1.54, 1.807) is 0 Å². The first-order valence-corrected chi connectivity index (χ1v) is 5.88. The molecule has 0 aliphatic carbocycles. The van der Waals surface area contributed by atoms with E-state index in [1.165, 1.54) is 25.7 Å². The van der Waals surface area contributed by atoms with E-state index in [0.29, 0.717) is 11.9 Å². The maximum absolute atomic E-state index is 11.8. The van der Waals surface area contributed by atoms with Gasteiger partial charge in [-0.1, -0.05) is 6.42 Å². The van der Waals surface area contributed by atoms with Gasteiger partial charge in [0.2, 0.25) is 5.91 Å². The smallest absolute Gasteiger partial charge is 0.222 e. The second-order valence-corrected chi connectivity index (χ2v) is 4.40. The van der Waals surface area contributed by atoms with Crippen molar-refractivity contribution in [2.45, 2.75) is 44.6 Å². The van der Waals surface area contributed by atoms with Crippen molar-refractivity contribution in [1.29, 1.82) is 0 Å². The van der Waals surface area contributed by atoms with Crippen LogP contribution in [0.3, 0.4) is 0 Å². The summed E-state index contributed by atoms with van der Waals surface area (Å²) in [6.07, 6.45) is 6.70. The summed E-state index contributed by atoms with van der Waals surface area (Å²) in [5, 5.41) is 3.38. The van der Waals surface area contributed by atoms with Crippen LogP contribution in [0, 0.1) is 0 Å². The zero-order chi connectivity index (χ0) is 9.80. The highest BCUT2D eigenvalue weighted by Gasteiger charge is 2.25. The highest BCUT2D eigenvalue weighted by Crippen LogP contribution is 2.17. The molecular formula is C11H20N2O. The van der Waals surface area contributed by atoms with Gasteiger partial charge in [-0.3, -0.25) is 4.79 Å². The Morgan fingerprint density at radius 1 is 1.21 bits per heavy atom. The molecule has 0 aromatic carbocycles.